The van der Waals surface area contributed by atoms with E-state index in [4.69, 9.17) is 28.4 Å². The van der Waals surface area contributed by atoms with Crippen LogP contribution >= 0.6 is 0 Å². The van der Waals surface area contributed by atoms with Gasteiger partial charge >= 0.3 is 5.97 Å². The monoisotopic (exact) mass is 593 g/mol. The van der Waals surface area contributed by atoms with Crippen LogP contribution in [0.2, 0.25) is 0 Å². The van der Waals surface area contributed by atoms with Crippen LogP contribution in [0.1, 0.15) is 46.0 Å². The van der Waals surface area contributed by atoms with Crippen LogP contribution in [-0.2, 0) is 4.79 Å². The number of hydrogen-bond donors (Lipinski definition) is 2. The zero-order valence-corrected chi connectivity index (χ0v) is 24.7. The van der Waals surface area contributed by atoms with E-state index >= 15 is 0 Å². The predicted molar refractivity (Wildman–Crippen MR) is 159 cm³/mol. The molecule has 0 spiro atoms. The van der Waals surface area contributed by atoms with E-state index in [9.17, 15) is 14.4 Å². The molecule has 12 nitrogen and oxygen atoms in total. The highest BCUT2D eigenvalue weighted by Gasteiger charge is 2.18. The molecule has 0 aromatic heterocycles. The minimum absolute atomic E-state index is 0.214. The number of hydrazone groups is 1. The van der Waals surface area contributed by atoms with Gasteiger partial charge in [0.05, 0.1) is 53.4 Å². The van der Waals surface area contributed by atoms with Gasteiger partial charge in [0.25, 0.3) is 11.8 Å². The Morgan fingerprint density at radius 3 is 2.07 bits per heavy atom. The van der Waals surface area contributed by atoms with Crippen molar-refractivity contribution < 1.29 is 42.8 Å². The first-order valence-electron chi connectivity index (χ1n) is 13.4. The van der Waals surface area contributed by atoms with Gasteiger partial charge < -0.3 is 33.7 Å². The van der Waals surface area contributed by atoms with Gasteiger partial charge in [-0.1, -0.05) is 13.3 Å². The van der Waals surface area contributed by atoms with E-state index in [1.54, 1.807) is 42.5 Å². The van der Waals surface area contributed by atoms with Crippen LogP contribution in [0.5, 0.6) is 34.5 Å². The first-order valence-corrected chi connectivity index (χ1v) is 13.4. The number of nitrogens with zero attached hydrogens (tertiary/aromatic N) is 1. The third-order valence-electron chi connectivity index (χ3n) is 5.99. The van der Waals surface area contributed by atoms with Gasteiger partial charge in [-0.05, 0) is 66.6 Å². The molecule has 3 rings (SSSR count). The minimum Gasteiger partial charge on any atom is -0.494 e. The number of rotatable bonds is 15. The molecule has 2 N–H and O–H groups in total. The van der Waals surface area contributed by atoms with Crippen LogP contribution in [-0.4, -0.2) is 65.6 Å². The summed E-state index contributed by atoms with van der Waals surface area (Å²) in [5.41, 5.74) is 3.47. The standard InChI is InChI=1S/C31H35N3O9/c1-6-7-14-42-23-11-9-21(10-12-23)31(37)43-24-13-8-20(15-25(24)38-2)18-33-34-28(35)19-32-30(36)22-16-26(39-3)29(41-5)27(17-22)40-4/h8-13,15-18H,6-7,14,19H2,1-5H3,(H,32,36)(H,34,35)/b33-18+. The van der Waals surface area contributed by atoms with Gasteiger partial charge in [-0.25, -0.2) is 10.2 Å². The normalized spacial score (nSPS) is 10.5. The fourth-order valence-electron chi connectivity index (χ4n) is 3.72. The van der Waals surface area contributed by atoms with E-state index in [2.05, 4.69) is 22.8 Å². The smallest absolute Gasteiger partial charge is 0.343 e. The Kier molecular flexibility index (Phi) is 12.2. The molecule has 0 heterocycles. The number of ether oxygens (including phenoxy) is 6. The lowest BCUT2D eigenvalue weighted by molar-refractivity contribution is -0.120. The van der Waals surface area contributed by atoms with E-state index in [0.29, 0.717) is 46.5 Å². The predicted octanol–water partition coefficient (Wildman–Crippen LogP) is 4.00. The molecule has 0 saturated heterocycles. The summed E-state index contributed by atoms with van der Waals surface area (Å²) in [5.74, 6) is 0.501. The van der Waals surface area contributed by atoms with Gasteiger partial charge in [0.15, 0.2) is 23.0 Å². The van der Waals surface area contributed by atoms with Gasteiger partial charge in [0, 0.05) is 5.56 Å². The summed E-state index contributed by atoms with van der Waals surface area (Å²) in [7, 11) is 5.76. The molecule has 0 aliphatic rings. The first-order chi connectivity index (χ1) is 20.8. The number of methoxy groups -OCH3 is 4. The Morgan fingerprint density at radius 2 is 1.47 bits per heavy atom. The number of esters is 1. The molecule has 3 aromatic rings. The average molecular weight is 594 g/mol. The quantitative estimate of drug-likeness (QED) is 0.0879. The Bertz CT molecular complexity index is 1410. The largest absolute Gasteiger partial charge is 0.494 e. The number of hydrogen-bond acceptors (Lipinski definition) is 10. The Hall–Kier alpha value is -5.26. The number of carbonyl (C=O) groups is 3. The van der Waals surface area contributed by atoms with Gasteiger partial charge in [0.2, 0.25) is 5.75 Å². The Labute approximate surface area is 249 Å². The molecule has 0 atom stereocenters. The van der Waals surface area contributed by atoms with Crippen molar-refractivity contribution >= 4 is 24.0 Å². The van der Waals surface area contributed by atoms with Gasteiger partial charge in [-0.3, -0.25) is 9.59 Å². The summed E-state index contributed by atoms with van der Waals surface area (Å²) in [6, 6.07) is 14.4. The van der Waals surface area contributed by atoms with Crippen molar-refractivity contribution in [1.29, 1.82) is 0 Å². The van der Waals surface area contributed by atoms with E-state index in [1.165, 1.54) is 46.8 Å². The molecular formula is C31H35N3O9. The molecule has 2 amide bonds. The number of amides is 2. The van der Waals surface area contributed by atoms with Crippen molar-refractivity contribution in [3.05, 3.63) is 71.3 Å². The minimum atomic E-state index is -0.559. The third-order valence-corrected chi connectivity index (χ3v) is 5.99. The van der Waals surface area contributed by atoms with Gasteiger partial charge in [-0.15, -0.1) is 0 Å². The van der Waals surface area contributed by atoms with Crippen molar-refractivity contribution in [3.8, 4) is 34.5 Å². The second-order valence-corrected chi connectivity index (χ2v) is 8.92. The van der Waals surface area contributed by atoms with E-state index < -0.39 is 17.8 Å². The van der Waals surface area contributed by atoms with Crippen molar-refractivity contribution in [2.24, 2.45) is 5.10 Å². The average Bonchev–Trinajstić information content (AvgIpc) is 3.03. The summed E-state index contributed by atoms with van der Waals surface area (Å²) >= 11 is 0. The maximum atomic E-state index is 12.6. The van der Waals surface area contributed by atoms with Crippen LogP contribution in [0.15, 0.2) is 59.7 Å². The topological polar surface area (TPSA) is 143 Å². The van der Waals surface area contributed by atoms with Crippen molar-refractivity contribution in [3.63, 3.8) is 0 Å². The SMILES string of the molecule is CCCCOc1ccc(C(=O)Oc2ccc(/C=N/NC(=O)CNC(=O)c3cc(OC)c(OC)c(OC)c3)cc2OC)cc1. The molecule has 43 heavy (non-hydrogen) atoms. The zero-order valence-electron chi connectivity index (χ0n) is 24.7. The van der Waals surface area contributed by atoms with Crippen molar-refractivity contribution in [2.45, 2.75) is 19.8 Å². The maximum Gasteiger partial charge on any atom is 0.343 e. The van der Waals surface area contributed by atoms with Crippen LogP contribution in [0.4, 0.5) is 0 Å². The highest BCUT2D eigenvalue weighted by molar-refractivity contribution is 5.97. The molecule has 0 saturated carbocycles. The summed E-state index contributed by atoms with van der Waals surface area (Å²) in [6.07, 6.45) is 3.36. The van der Waals surface area contributed by atoms with Crippen LogP contribution in [0, 0.1) is 0 Å². The highest BCUT2D eigenvalue weighted by Crippen LogP contribution is 2.38. The molecule has 0 radical (unpaired) electrons. The summed E-state index contributed by atoms with van der Waals surface area (Å²) < 4.78 is 32.2. The molecule has 0 aliphatic carbocycles. The fraction of sp³-hybridized carbons (Fsp3) is 0.290. The Morgan fingerprint density at radius 1 is 0.791 bits per heavy atom. The lowest BCUT2D eigenvalue weighted by Crippen LogP contribution is -2.34. The van der Waals surface area contributed by atoms with Gasteiger partial charge in [-0.2, -0.15) is 5.10 Å². The second-order valence-electron chi connectivity index (χ2n) is 8.92. The number of unbranched alkanes of at least 4 members (excludes halogenated alkanes) is 1. The lowest BCUT2D eigenvalue weighted by Gasteiger charge is -2.14. The lowest BCUT2D eigenvalue weighted by atomic mass is 10.1. The molecule has 0 bridgehead atoms. The van der Waals surface area contributed by atoms with Crippen LogP contribution in [0.3, 0.4) is 0 Å². The summed E-state index contributed by atoms with van der Waals surface area (Å²) in [6.45, 7) is 2.36. The summed E-state index contributed by atoms with van der Waals surface area (Å²) in [5, 5.41) is 6.42. The number of nitrogens with one attached hydrogen (secondary N) is 2. The number of carbonyl (C=O) groups excluding carboxylic acids is 3. The molecule has 228 valence electrons. The third kappa shape index (κ3) is 9.12. The zero-order chi connectivity index (χ0) is 31.2. The van der Waals surface area contributed by atoms with Crippen molar-refractivity contribution in [1.82, 2.24) is 10.7 Å². The molecule has 0 unspecified atom stereocenters. The molecule has 0 aliphatic heterocycles. The van der Waals surface area contributed by atoms with Crippen molar-refractivity contribution in [2.75, 3.05) is 41.6 Å². The summed E-state index contributed by atoms with van der Waals surface area (Å²) in [4.78, 5) is 37.5. The first kappa shape index (κ1) is 32.3. The molecule has 0 fully saturated rings. The van der Waals surface area contributed by atoms with Crippen LogP contribution in [0.25, 0.3) is 0 Å². The molecule has 12 heteroatoms. The second kappa shape index (κ2) is 16.2. The van der Waals surface area contributed by atoms with Gasteiger partial charge in [0.1, 0.15) is 5.75 Å². The van der Waals surface area contributed by atoms with E-state index in [-0.39, 0.29) is 17.9 Å². The van der Waals surface area contributed by atoms with Crippen LogP contribution < -0.4 is 39.2 Å². The van der Waals surface area contributed by atoms with E-state index in [1.807, 2.05) is 0 Å². The Balaban J connectivity index is 1.54. The highest BCUT2D eigenvalue weighted by atomic mass is 16.6. The molecule has 3 aromatic carbocycles. The molecular weight excluding hydrogens is 558 g/mol. The maximum absolute atomic E-state index is 12.6. The van der Waals surface area contributed by atoms with E-state index in [0.717, 1.165) is 12.8 Å². The number of benzene rings is 3. The fourth-order valence-corrected chi connectivity index (χ4v) is 3.72.